The minimum atomic E-state index is -0.910. The van der Waals surface area contributed by atoms with Crippen LogP contribution in [-0.2, 0) is 14.3 Å². The average Bonchev–Trinajstić information content (AvgIpc) is 3.13. The zero-order chi connectivity index (χ0) is 21.8. The van der Waals surface area contributed by atoms with Gasteiger partial charge in [0.05, 0.1) is 17.1 Å². The zero-order valence-corrected chi connectivity index (χ0v) is 18.5. The molecule has 1 N–H and O–H groups in total. The molecule has 6 atom stereocenters. The van der Waals surface area contributed by atoms with Crippen molar-refractivity contribution in [2.45, 2.75) is 77.6 Å². The van der Waals surface area contributed by atoms with Gasteiger partial charge in [-0.1, -0.05) is 32.9 Å². The highest BCUT2D eigenvalue weighted by Crippen LogP contribution is 2.52. The maximum Gasteiger partial charge on any atom is 0.338 e. The van der Waals surface area contributed by atoms with Crippen LogP contribution in [0.3, 0.4) is 0 Å². The van der Waals surface area contributed by atoms with Crippen molar-refractivity contribution >= 4 is 11.9 Å². The van der Waals surface area contributed by atoms with Crippen molar-refractivity contribution < 1.29 is 24.2 Å². The first kappa shape index (κ1) is 21.1. The molecule has 1 saturated carbocycles. The smallest absolute Gasteiger partial charge is 0.338 e. The lowest BCUT2D eigenvalue weighted by atomic mass is 9.81. The van der Waals surface area contributed by atoms with Crippen LogP contribution in [0.1, 0.15) is 75.7 Å². The van der Waals surface area contributed by atoms with E-state index in [9.17, 15) is 14.7 Å². The minimum Gasteiger partial charge on any atom is -0.457 e. The van der Waals surface area contributed by atoms with Crippen LogP contribution in [0.5, 0.6) is 0 Å². The molecule has 2 fully saturated rings. The molecule has 0 aromatic heterocycles. The van der Waals surface area contributed by atoms with E-state index in [-0.39, 0.29) is 35.8 Å². The van der Waals surface area contributed by atoms with Gasteiger partial charge in [-0.25, -0.2) is 4.79 Å². The number of aliphatic hydroxyl groups is 1. The maximum atomic E-state index is 12.8. The van der Waals surface area contributed by atoms with E-state index in [2.05, 4.69) is 13.8 Å². The predicted molar refractivity (Wildman–Crippen MR) is 113 cm³/mol. The van der Waals surface area contributed by atoms with E-state index in [1.807, 2.05) is 32.9 Å². The van der Waals surface area contributed by atoms with Crippen LogP contribution >= 0.6 is 0 Å². The van der Waals surface area contributed by atoms with Gasteiger partial charge in [-0.3, -0.25) is 4.79 Å². The second-order valence-corrected chi connectivity index (χ2v) is 9.80. The van der Waals surface area contributed by atoms with E-state index >= 15 is 0 Å². The SMILES string of the molecule is CC1=C2C(C[C@@H]1OC(=O)c1ccc(C(C)C)cc1)[C@](C)(O)CC[C@H]1[C@H](C)C(=O)O[C@H]21. The van der Waals surface area contributed by atoms with E-state index in [1.165, 1.54) is 5.56 Å². The van der Waals surface area contributed by atoms with Crippen molar-refractivity contribution in [3.05, 3.63) is 46.5 Å². The number of benzene rings is 1. The highest BCUT2D eigenvalue weighted by Gasteiger charge is 2.55. The maximum absolute atomic E-state index is 12.8. The second-order valence-electron chi connectivity index (χ2n) is 9.80. The van der Waals surface area contributed by atoms with Crippen LogP contribution in [0, 0.1) is 17.8 Å². The minimum absolute atomic E-state index is 0.0666. The predicted octanol–water partition coefficient (Wildman–Crippen LogP) is 4.39. The van der Waals surface area contributed by atoms with E-state index < -0.39 is 11.7 Å². The Kier molecular flexibility index (Phi) is 5.29. The molecule has 1 saturated heterocycles. The summed E-state index contributed by atoms with van der Waals surface area (Å²) in [5, 5.41) is 11.2. The third-order valence-corrected chi connectivity index (χ3v) is 7.51. The molecule has 3 aliphatic rings. The van der Waals surface area contributed by atoms with E-state index in [4.69, 9.17) is 9.47 Å². The van der Waals surface area contributed by atoms with Crippen LogP contribution in [0.15, 0.2) is 35.4 Å². The summed E-state index contributed by atoms with van der Waals surface area (Å²) in [5.74, 6) is -0.416. The first-order valence-electron chi connectivity index (χ1n) is 11.0. The third-order valence-electron chi connectivity index (χ3n) is 7.51. The number of carbonyl (C=O) groups is 2. The number of ether oxygens (including phenoxy) is 2. The molecule has 1 heterocycles. The number of hydrogen-bond acceptors (Lipinski definition) is 5. The topological polar surface area (TPSA) is 72.8 Å². The molecule has 0 amide bonds. The lowest BCUT2D eigenvalue weighted by Crippen LogP contribution is -2.35. The van der Waals surface area contributed by atoms with Crippen molar-refractivity contribution in [2.75, 3.05) is 0 Å². The van der Waals surface area contributed by atoms with E-state index in [1.54, 1.807) is 12.1 Å². The molecule has 4 rings (SSSR count). The zero-order valence-electron chi connectivity index (χ0n) is 18.5. The van der Waals surface area contributed by atoms with Gasteiger partial charge in [0.2, 0.25) is 0 Å². The van der Waals surface area contributed by atoms with Crippen LogP contribution in [0.2, 0.25) is 0 Å². The summed E-state index contributed by atoms with van der Waals surface area (Å²) >= 11 is 0. The number of hydrogen-bond donors (Lipinski definition) is 1. The number of carbonyl (C=O) groups excluding carboxylic acids is 2. The van der Waals surface area contributed by atoms with Crippen molar-refractivity contribution in [1.29, 1.82) is 0 Å². The summed E-state index contributed by atoms with van der Waals surface area (Å²) in [6.07, 6.45) is 1.15. The Morgan fingerprint density at radius 1 is 1.27 bits per heavy atom. The lowest BCUT2D eigenvalue weighted by Gasteiger charge is -2.31. The molecule has 0 bridgehead atoms. The summed E-state index contributed by atoms with van der Waals surface area (Å²) in [6.45, 7) is 9.94. The second kappa shape index (κ2) is 7.52. The quantitative estimate of drug-likeness (QED) is 0.589. The molecule has 162 valence electrons. The molecule has 1 aromatic rings. The van der Waals surface area contributed by atoms with Gasteiger partial charge in [-0.15, -0.1) is 0 Å². The van der Waals surface area contributed by atoms with Crippen molar-refractivity contribution in [3.8, 4) is 0 Å². The third kappa shape index (κ3) is 3.47. The van der Waals surface area contributed by atoms with Crippen molar-refractivity contribution in [1.82, 2.24) is 0 Å². The summed E-state index contributed by atoms with van der Waals surface area (Å²) in [4.78, 5) is 25.0. The Bertz CT molecular complexity index is 879. The fourth-order valence-electron chi connectivity index (χ4n) is 5.41. The van der Waals surface area contributed by atoms with Gasteiger partial charge < -0.3 is 14.6 Å². The Labute approximate surface area is 178 Å². The highest BCUT2D eigenvalue weighted by molar-refractivity contribution is 5.89. The molecule has 0 spiro atoms. The first-order chi connectivity index (χ1) is 14.1. The molecule has 5 nitrogen and oxygen atoms in total. The van der Waals surface area contributed by atoms with Gasteiger partial charge in [0.15, 0.2) is 0 Å². The molecular formula is C25H32O5. The molecular weight excluding hydrogens is 380 g/mol. The summed E-state index contributed by atoms with van der Waals surface area (Å²) in [5.41, 5.74) is 2.68. The fraction of sp³-hybridized carbons (Fsp3) is 0.600. The summed E-state index contributed by atoms with van der Waals surface area (Å²) in [6, 6.07) is 7.53. The first-order valence-corrected chi connectivity index (χ1v) is 11.0. The van der Waals surface area contributed by atoms with E-state index in [0.717, 1.165) is 17.6 Å². The molecule has 0 radical (unpaired) electrons. The molecule has 5 heteroatoms. The van der Waals surface area contributed by atoms with Gasteiger partial charge >= 0.3 is 11.9 Å². The van der Waals surface area contributed by atoms with Crippen LogP contribution in [-0.4, -0.2) is 34.9 Å². The Hall–Kier alpha value is -2.14. The average molecular weight is 413 g/mol. The molecule has 30 heavy (non-hydrogen) atoms. The van der Waals surface area contributed by atoms with Crippen molar-refractivity contribution in [2.24, 2.45) is 17.8 Å². The molecule has 1 unspecified atom stereocenters. The van der Waals surface area contributed by atoms with E-state index in [0.29, 0.717) is 24.3 Å². The highest BCUT2D eigenvalue weighted by atomic mass is 16.6. The summed E-state index contributed by atoms with van der Waals surface area (Å²) < 4.78 is 11.7. The monoisotopic (exact) mass is 412 g/mol. The van der Waals surface area contributed by atoms with Gasteiger partial charge in [-0.05, 0) is 67.9 Å². The van der Waals surface area contributed by atoms with Crippen LogP contribution in [0.4, 0.5) is 0 Å². The number of rotatable bonds is 3. The molecule has 1 aliphatic heterocycles. The number of esters is 2. The van der Waals surface area contributed by atoms with Crippen LogP contribution < -0.4 is 0 Å². The van der Waals surface area contributed by atoms with Gasteiger partial charge in [0.1, 0.15) is 12.2 Å². The normalized spacial score (nSPS) is 35.7. The fourth-order valence-corrected chi connectivity index (χ4v) is 5.41. The van der Waals surface area contributed by atoms with Gasteiger partial charge in [-0.2, -0.15) is 0 Å². The lowest BCUT2D eigenvalue weighted by molar-refractivity contribution is -0.143. The van der Waals surface area contributed by atoms with Gasteiger partial charge in [0.25, 0.3) is 0 Å². The Balaban J connectivity index is 1.59. The van der Waals surface area contributed by atoms with Gasteiger partial charge in [0, 0.05) is 11.8 Å². The molecule has 1 aromatic carbocycles. The number of fused-ring (bicyclic) bond motifs is 3. The Morgan fingerprint density at radius 3 is 2.57 bits per heavy atom. The Morgan fingerprint density at radius 2 is 1.93 bits per heavy atom. The van der Waals surface area contributed by atoms with Crippen molar-refractivity contribution in [3.63, 3.8) is 0 Å². The largest absolute Gasteiger partial charge is 0.457 e. The van der Waals surface area contributed by atoms with Crippen LogP contribution in [0.25, 0.3) is 0 Å². The standard InChI is InChI=1S/C25H32O5/c1-13(2)16-6-8-17(9-7-16)24(27)29-20-12-19-21(15(20)4)22-18(10-11-25(19,5)28)14(3)23(26)30-22/h6-9,13-14,18-20,22,28H,10-12H2,1-5H3/t14-,18-,19?,20-,22-,25+/m0/s1. The molecule has 2 aliphatic carbocycles. The summed E-state index contributed by atoms with van der Waals surface area (Å²) in [7, 11) is 0.